The zero-order valence-electron chi connectivity index (χ0n) is 9.21. The summed E-state index contributed by atoms with van der Waals surface area (Å²) < 4.78 is 5.49. The van der Waals surface area contributed by atoms with Gasteiger partial charge in [-0.25, -0.2) is 4.98 Å². The minimum atomic E-state index is -0.339. The number of hydrogen-bond donors (Lipinski definition) is 2. The molecule has 0 aliphatic carbocycles. The van der Waals surface area contributed by atoms with Gasteiger partial charge < -0.3 is 15.0 Å². The third kappa shape index (κ3) is 1.92. The highest BCUT2D eigenvalue weighted by atomic mass is 35.5. The van der Waals surface area contributed by atoms with Crippen molar-refractivity contribution in [2.75, 3.05) is 11.9 Å². The van der Waals surface area contributed by atoms with Gasteiger partial charge in [0.1, 0.15) is 5.02 Å². The van der Waals surface area contributed by atoms with Gasteiger partial charge in [0.15, 0.2) is 5.82 Å². The quantitative estimate of drug-likeness (QED) is 0.824. The highest BCUT2D eigenvalue weighted by Crippen LogP contribution is 2.30. The molecule has 0 spiro atoms. The van der Waals surface area contributed by atoms with Gasteiger partial charge in [0.2, 0.25) is 0 Å². The molecule has 0 amide bonds. The number of aromatic amines is 1. The summed E-state index contributed by atoms with van der Waals surface area (Å²) in [6.45, 7) is 4.72. The van der Waals surface area contributed by atoms with E-state index in [4.69, 9.17) is 16.3 Å². The molecule has 88 valence electrons. The van der Waals surface area contributed by atoms with E-state index in [1.54, 1.807) is 0 Å². The van der Waals surface area contributed by atoms with Gasteiger partial charge in [-0.05, 0) is 20.3 Å². The van der Waals surface area contributed by atoms with Crippen molar-refractivity contribution in [3.05, 3.63) is 21.7 Å². The lowest BCUT2D eigenvalue weighted by molar-refractivity contribution is 0.105. The maximum absolute atomic E-state index is 11.3. The van der Waals surface area contributed by atoms with E-state index in [0.717, 1.165) is 6.42 Å². The number of rotatable bonds is 2. The highest BCUT2D eigenvalue weighted by Gasteiger charge is 2.37. The first-order valence-electron chi connectivity index (χ1n) is 5.16. The second-order valence-electron chi connectivity index (χ2n) is 4.20. The predicted molar refractivity (Wildman–Crippen MR) is 61.9 cm³/mol. The first-order chi connectivity index (χ1) is 7.53. The number of aromatic nitrogens is 2. The van der Waals surface area contributed by atoms with Crippen LogP contribution in [0.2, 0.25) is 5.02 Å². The van der Waals surface area contributed by atoms with Gasteiger partial charge in [0.05, 0.1) is 18.0 Å². The van der Waals surface area contributed by atoms with Crippen molar-refractivity contribution in [1.29, 1.82) is 0 Å². The summed E-state index contributed by atoms with van der Waals surface area (Å²) in [6.07, 6.45) is 2.25. The van der Waals surface area contributed by atoms with Crippen LogP contribution in [0.1, 0.15) is 20.3 Å². The van der Waals surface area contributed by atoms with Crippen LogP contribution in [-0.4, -0.2) is 28.2 Å². The third-order valence-corrected chi connectivity index (χ3v) is 3.44. The Balaban J connectivity index is 2.27. The maximum Gasteiger partial charge on any atom is 0.271 e. The SMILES string of the molecule is CC1OCCC1(C)Nc1nc[nH]c(=O)c1Cl. The average Bonchev–Trinajstić information content (AvgIpc) is 2.55. The summed E-state index contributed by atoms with van der Waals surface area (Å²) in [5, 5.41) is 3.27. The lowest BCUT2D eigenvalue weighted by Crippen LogP contribution is -2.41. The molecular weight excluding hydrogens is 230 g/mol. The van der Waals surface area contributed by atoms with Crippen molar-refractivity contribution in [3.63, 3.8) is 0 Å². The summed E-state index contributed by atoms with van der Waals surface area (Å²) in [7, 11) is 0. The lowest BCUT2D eigenvalue weighted by Gasteiger charge is -2.29. The van der Waals surface area contributed by atoms with Gasteiger partial charge in [-0.3, -0.25) is 4.79 Å². The van der Waals surface area contributed by atoms with Gasteiger partial charge in [-0.2, -0.15) is 0 Å². The summed E-state index contributed by atoms with van der Waals surface area (Å²) in [4.78, 5) is 17.7. The number of hydrogen-bond acceptors (Lipinski definition) is 4. The number of H-pyrrole nitrogens is 1. The van der Waals surface area contributed by atoms with Gasteiger partial charge in [0, 0.05) is 6.61 Å². The summed E-state index contributed by atoms with van der Waals surface area (Å²) in [6, 6.07) is 0. The van der Waals surface area contributed by atoms with Crippen LogP contribution < -0.4 is 10.9 Å². The molecule has 0 saturated carbocycles. The normalized spacial score (nSPS) is 29.3. The van der Waals surface area contributed by atoms with E-state index in [1.807, 2.05) is 13.8 Å². The van der Waals surface area contributed by atoms with Gasteiger partial charge in [0.25, 0.3) is 5.56 Å². The predicted octanol–water partition coefficient (Wildman–Crippen LogP) is 1.40. The van der Waals surface area contributed by atoms with Crippen LogP contribution in [0.5, 0.6) is 0 Å². The molecule has 16 heavy (non-hydrogen) atoms. The van der Waals surface area contributed by atoms with Crippen molar-refractivity contribution in [3.8, 4) is 0 Å². The minimum Gasteiger partial charge on any atom is -0.376 e. The molecule has 1 fully saturated rings. The molecule has 0 radical (unpaired) electrons. The van der Waals surface area contributed by atoms with Crippen molar-refractivity contribution in [2.45, 2.75) is 31.9 Å². The summed E-state index contributed by atoms with van der Waals surface area (Å²) >= 11 is 5.87. The maximum atomic E-state index is 11.3. The summed E-state index contributed by atoms with van der Waals surface area (Å²) in [5.74, 6) is 0.408. The van der Waals surface area contributed by atoms with Crippen molar-refractivity contribution in [2.24, 2.45) is 0 Å². The molecule has 2 heterocycles. The Morgan fingerprint density at radius 2 is 2.50 bits per heavy atom. The molecule has 0 aromatic carbocycles. The molecule has 1 aromatic heterocycles. The van der Waals surface area contributed by atoms with Crippen LogP contribution in [0.4, 0.5) is 5.82 Å². The molecule has 1 saturated heterocycles. The number of nitrogens with zero attached hydrogens (tertiary/aromatic N) is 1. The van der Waals surface area contributed by atoms with E-state index in [9.17, 15) is 4.79 Å². The van der Waals surface area contributed by atoms with Crippen LogP contribution in [0, 0.1) is 0 Å². The highest BCUT2D eigenvalue weighted by molar-refractivity contribution is 6.32. The number of ether oxygens (including phenoxy) is 1. The third-order valence-electron chi connectivity index (χ3n) is 3.09. The van der Waals surface area contributed by atoms with E-state index in [-0.39, 0.29) is 22.2 Å². The zero-order chi connectivity index (χ0) is 11.8. The van der Waals surface area contributed by atoms with Crippen LogP contribution in [0.3, 0.4) is 0 Å². The Morgan fingerprint density at radius 1 is 1.75 bits per heavy atom. The van der Waals surface area contributed by atoms with E-state index in [1.165, 1.54) is 6.33 Å². The van der Waals surface area contributed by atoms with E-state index < -0.39 is 0 Å². The molecule has 0 bridgehead atoms. The fraction of sp³-hybridized carbons (Fsp3) is 0.600. The Kier molecular flexibility index (Phi) is 2.90. The molecule has 2 atom stereocenters. The standard InChI is InChI=1S/C10H14ClN3O2/c1-6-10(2,3-4-16-6)14-8-7(11)9(15)13-5-12-8/h5-6H,3-4H2,1-2H3,(H2,12,13,14,15). The van der Waals surface area contributed by atoms with E-state index in [0.29, 0.717) is 12.4 Å². The van der Waals surface area contributed by atoms with Crippen molar-refractivity contribution < 1.29 is 4.74 Å². The van der Waals surface area contributed by atoms with E-state index >= 15 is 0 Å². The molecule has 2 unspecified atom stereocenters. The fourth-order valence-corrected chi connectivity index (χ4v) is 1.89. The van der Waals surface area contributed by atoms with Crippen molar-refractivity contribution in [1.82, 2.24) is 9.97 Å². The smallest absolute Gasteiger partial charge is 0.271 e. The Morgan fingerprint density at radius 3 is 3.12 bits per heavy atom. The van der Waals surface area contributed by atoms with Crippen LogP contribution in [0.15, 0.2) is 11.1 Å². The molecule has 6 heteroatoms. The monoisotopic (exact) mass is 243 g/mol. The van der Waals surface area contributed by atoms with Gasteiger partial charge in [-0.15, -0.1) is 0 Å². The molecule has 1 aliphatic rings. The van der Waals surface area contributed by atoms with Crippen LogP contribution >= 0.6 is 11.6 Å². The fourth-order valence-electron chi connectivity index (χ4n) is 1.74. The van der Waals surface area contributed by atoms with Crippen LogP contribution in [-0.2, 0) is 4.74 Å². The molecular formula is C10H14ClN3O2. The first kappa shape index (κ1) is 11.4. The van der Waals surface area contributed by atoms with Crippen LogP contribution in [0.25, 0.3) is 0 Å². The average molecular weight is 244 g/mol. The Bertz CT molecular complexity index is 448. The lowest BCUT2D eigenvalue weighted by atomic mass is 9.95. The van der Waals surface area contributed by atoms with Gasteiger partial charge in [-0.1, -0.05) is 11.6 Å². The molecule has 1 aliphatic heterocycles. The Labute approximate surface area is 98.2 Å². The summed E-state index contributed by atoms with van der Waals surface area (Å²) in [5.41, 5.74) is -0.570. The van der Waals surface area contributed by atoms with Crippen molar-refractivity contribution >= 4 is 17.4 Å². The number of nitrogens with one attached hydrogen (secondary N) is 2. The number of halogens is 1. The largest absolute Gasteiger partial charge is 0.376 e. The molecule has 2 N–H and O–H groups in total. The Hall–Kier alpha value is -1.07. The van der Waals surface area contributed by atoms with Gasteiger partial charge >= 0.3 is 0 Å². The minimum absolute atomic E-state index is 0.0599. The second-order valence-corrected chi connectivity index (χ2v) is 4.58. The van der Waals surface area contributed by atoms with E-state index in [2.05, 4.69) is 15.3 Å². The molecule has 1 aromatic rings. The zero-order valence-corrected chi connectivity index (χ0v) is 9.97. The second kappa shape index (κ2) is 4.07. The topological polar surface area (TPSA) is 67.0 Å². The molecule has 5 nitrogen and oxygen atoms in total. The first-order valence-corrected chi connectivity index (χ1v) is 5.54. The molecule has 2 rings (SSSR count). The number of anilines is 1.